The first-order chi connectivity index (χ1) is 5.79. The zero-order chi connectivity index (χ0) is 8.55. The maximum atomic E-state index is 10.9. The van der Waals surface area contributed by atoms with Gasteiger partial charge in [-0.05, 0) is 18.5 Å². The van der Waals surface area contributed by atoms with E-state index in [1.165, 1.54) is 4.88 Å². The zero-order valence-corrected chi connectivity index (χ0v) is 7.41. The molecule has 4 heteroatoms. The molecule has 2 rings (SSSR count). The van der Waals surface area contributed by atoms with Crippen LogP contribution in [0, 0.1) is 0 Å². The first kappa shape index (κ1) is 7.76. The molecule has 1 amide bonds. The molecule has 64 valence electrons. The van der Waals surface area contributed by atoms with Crippen molar-refractivity contribution in [2.24, 2.45) is 5.73 Å². The van der Waals surface area contributed by atoms with E-state index < -0.39 is 0 Å². The third kappa shape index (κ3) is 1.13. The van der Waals surface area contributed by atoms with Crippen LogP contribution in [0.2, 0.25) is 0 Å². The van der Waals surface area contributed by atoms with Crippen LogP contribution < -0.4 is 11.1 Å². The van der Waals surface area contributed by atoms with Crippen molar-refractivity contribution < 1.29 is 4.79 Å². The molecule has 2 heterocycles. The molecule has 0 bridgehead atoms. The number of primary amides is 1. The van der Waals surface area contributed by atoms with Gasteiger partial charge in [0.05, 0.1) is 5.56 Å². The molecule has 0 unspecified atom stereocenters. The summed E-state index contributed by atoms with van der Waals surface area (Å²) in [6.07, 6.45) is 0.928. The number of hydrogen-bond acceptors (Lipinski definition) is 3. The van der Waals surface area contributed by atoms with E-state index in [0.717, 1.165) is 30.6 Å². The molecule has 1 aliphatic rings. The van der Waals surface area contributed by atoms with Gasteiger partial charge in [0, 0.05) is 16.8 Å². The quantitative estimate of drug-likeness (QED) is 0.664. The van der Waals surface area contributed by atoms with Gasteiger partial charge < -0.3 is 11.1 Å². The fourth-order valence-corrected chi connectivity index (χ4v) is 2.53. The van der Waals surface area contributed by atoms with Gasteiger partial charge in [0.2, 0.25) is 5.91 Å². The van der Waals surface area contributed by atoms with Crippen molar-refractivity contribution in [3.05, 3.63) is 21.4 Å². The van der Waals surface area contributed by atoms with Crippen LogP contribution in [-0.4, -0.2) is 12.5 Å². The highest BCUT2D eigenvalue weighted by molar-refractivity contribution is 7.10. The molecular formula is C8H10N2OS. The van der Waals surface area contributed by atoms with E-state index in [9.17, 15) is 4.79 Å². The van der Waals surface area contributed by atoms with Gasteiger partial charge in [-0.2, -0.15) is 0 Å². The second kappa shape index (κ2) is 2.88. The molecule has 1 aromatic heterocycles. The molecule has 0 aliphatic carbocycles. The third-order valence-electron chi connectivity index (χ3n) is 2.08. The first-order valence-corrected chi connectivity index (χ1v) is 4.77. The highest BCUT2D eigenvalue weighted by atomic mass is 32.1. The van der Waals surface area contributed by atoms with Crippen LogP contribution in [0.5, 0.6) is 0 Å². The maximum absolute atomic E-state index is 10.9. The number of nitrogens with two attached hydrogens (primary N) is 1. The van der Waals surface area contributed by atoms with Crippen molar-refractivity contribution in [2.45, 2.75) is 13.0 Å². The summed E-state index contributed by atoms with van der Waals surface area (Å²) in [5.41, 5.74) is 7.11. The Morgan fingerprint density at radius 1 is 1.67 bits per heavy atom. The van der Waals surface area contributed by atoms with E-state index in [2.05, 4.69) is 5.32 Å². The van der Waals surface area contributed by atoms with Crippen molar-refractivity contribution in [3.8, 4) is 0 Å². The van der Waals surface area contributed by atoms with Gasteiger partial charge in [0.1, 0.15) is 0 Å². The summed E-state index contributed by atoms with van der Waals surface area (Å²) in [6, 6.07) is 0. The van der Waals surface area contributed by atoms with Gasteiger partial charge in [-0.15, -0.1) is 11.3 Å². The molecule has 0 atom stereocenters. The lowest BCUT2D eigenvalue weighted by molar-refractivity contribution is 0.0999. The van der Waals surface area contributed by atoms with Crippen molar-refractivity contribution in [2.75, 3.05) is 6.54 Å². The van der Waals surface area contributed by atoms with Crippen molar-refractivity contribution in [3.63, 3.8) is 0 Å². The molecule has 0 saturated heterocycles. The summed E-state index contributed by atoms with van der Waals surface area (Å²) in [6.45, 7) is 1.83. The summed E-state index contributed by atoms with van der Waals surface area (Å²) in [5.74, 6) is -0.297. The Kier molecular flexibility index (Phi) is 1.86. The van der Waals surface area contributed by atoms with Crippen molar-refractivity contribution in [1.82, 2.24) is 5.32 Å². The summed E-state index contributed by atoms with van der Waals surface area (Å²) < 4.78 is 0. The average molecular weight is 182 g/mol. The number of carbonyl (C=O) groups excluding carboxylic acids is 1. The van der Waals surface area contributed by atoms with E-state index >= 15 is 0 Å². The monoisotopic (exact) mass is 182 g/mol. The highest BCUT2D eigenvalue weighted by Gasteiger charge is 2.17. The second-order valence-electron chi connectivity index (χ2n) is 2.84. The number of fused-ring (bicyclic) bond motifs is 1. The van der Waals surface area contributed by atoms with Gasteiger partial charge in [-0.25, -0.2) is 0 Å². The maximum Gasteiger partial charge on any atom is 0.249 e. The lowest BCUT2D eigenvalue weighted by atomic mass is 10.0. The predicted octanol–water partition coefficient (Wildman–Crippen LogP) is 0.493. The van der Waals surface area contributed by atoms with Crippen LogP contribution in [0.25, 0.3) is 0 Å². The summed E-state index contributed by atoms with van der Waals surface area (Å²) in [4.78, 5) is 12.2. The van der Waals surface area contributed by atoms with Gasteiger partial charge in [0.25, 0.3) is 0 Å². The summed E-state index contributed by atoms with van der Waals surface area (Å²) >= 11 is 1.62. The van der Waals surface area contributed by atoms with E-state index in [0.29, 0.717) is 0 Å². The second-order valence-corrected chi connectivity index (χ2v) is 3.81. The van der Waals surface area contributed by atoms with Crippen LogP contribution in [0.3, 0.4) is 0 Å². The molecule has 3 N–H and O–H groups in total. The molecule has 0 spiro atoms. The van der Waals surface area contributed by atoms with Crippen molar-refractivity contribution >= 4 is 17.2 Å². The standard InChI is InChI=1S/C8H10N2OS/c9-8(11)6-4-12-7-3-10-2-1-5(6)7/h4,10H,1-3H2,(H2,9,11). The summed E-state index contributed by atoms with van der Waals surface area (Å²) in [5, 5.41) is 5.11. The lowest BCUT2D eigenvalue weighted by Gasteiger charge is -2.12. The van der Waals surface area contributed by atoms with E-state index in [1.807, 2.05) is 5.38 Å². The molecule has 3 nitrogen and oxygen atoms in total. The molecule has 0 saturated carbocycles. The van der Waals surface area contributed by atoms with Crippen LogP contribution in [0.1, 0.15) is 20.8 Å². The normalized spacial score (nSPS) is 15.7. The van der Waals surface area contributed by atoms with E-state index in [4.69, 9.17) is 5.73 Å². The number of nitrogens with one attached hydrogen (secondary N) is 1. The van der Waals surface area contributed by atoms with Crippen LogP contribution in [0.4, 0.5) is 0 Å². The third-order valence-corrected chi connectivity index (χ3v) is 3.11. The number of rotatable bonds is 1. The smallest absolute Gasteiger partial charge is 0.249 e. The Labute approximate surface area is 74.6 Å². The topological polar surface area (TPSA) is 55.1 Å². The minimum absolute atomic E-state index is 0.297. The fraction of sp³-hybridized carbons (Fsp3) is 0.375. The Hall–Kier alpha value is -0.870. The van der Waals surface area contributed by atoms with Crippen LogP contribution >= 0.6 is 11.3 Å². The molecule has 0 radical (unpaired) electrons. The van der Waals surface area contributed by atoms with Crippen molar-refractivity contribution in [1.29, 1.82) is 0 Å². The zero-order valence-electron chi connectivity index (χ0n) is 6.59. The predicted molar refractivity (Wildman–Crippen MR) is 48.2 cm³/mol. The Bertz CT molecular complexity index is 319. The molecule has 1 aromatic rings. The first-order valence-electron chi connectivity index (χ1n) is 3.89. The molecule has 0 fully saturated rings. The number of amides is 1. The van der Waals surface area contributed by atoms with Gasteiger partial charge in [-0.1, -0.05) is 0 Å². The molecule has 0 aromatic carbocycles. The van der Waals surface area contributed by atoms with Gasteiger partial charge >= 0.3 is 0 Å². The number of hydrogen-bond donors (Lipinski definition) is 2. The van der Waals surface area contributed by atoms with E-state index in [1.54, 1.807) is 11.3 Å². The molecular weight excluding hydrogens is 172 g/mol. The SMILES string of the molecule is NC(=O)c1csc2c1CCNC2. The minimum atomic E-state index is -0.297. The van der Waals surface area contributed by atoms with Gasteiger partial charge in [-0.3, -0.25) is 4.79 Å². The Balaban J connectivity index is 2.44. The van der Waals surface area contributed by atoms with Gasteiger partial charge in [0.15, 0.2) is 0 Å². The number of carbonyl (C=O) groups is 1. The average Bonchev–Trinajstić information content (AvgIpc) is 2.47. The highest BCUT2D eigenvalue weighted by Crippen LogP contribution is 2.24. The van der Waals surface area contributed by atoms with Crippen LogP contribution in [0.15, 0.2) is 5.38 Å². The molecule has 1 aliphatic heterocycles. The minimum Gasteiger partial charge on any atom is -0.366 e. The summed E-state index contributed by atoms with van der Waals surface area (Å²) in [7, 11) is 0. The fourth-order valence-electron chi connectivity index (χ4n) is 1.47. The molecule has 12 heavy (non-hydrogen) atoms. The largest absolute Gasteiger partial charge is 0.366 e. The Morgan fingerprint density at radius 2 is 2.50 bits per heavy atom. The Morgan fingerprint density at radius 3 is 3.25 bits per heavy atom. The lowest BCUT2D eigenvalue weighted by Crippen LogP contribution is -2.24. The number of thiophene rings is 1. The van der Waals surface area contributed by atoms with Crippen LogP contribution in [-0.2, 0) is 13.0 Å². The van der Waals surface area contributed by atoms with E-state index in [-0.39, 0.29) is 5.91 Å².